The molecule has 35 heavy (non-hydrogen) atoms. The second-order valence-corrected chi connectivity index (χ2v) is 8.53. The smallest absolute Gasteiger partial charge is 0.288 e. The number of nitrogens with one attached hydrogen (secondary N) is 1. The van der Waals surface area contributed by atoms with E-state index in [4.69, 9.17) is 0 Å². The van der Waals surface area contributed by atoms with Crippen molar-refractivity contribution in [1.29, 1.82) is 0 Å². The highest BCUT2D eigenvalue weighted by molar-refractivity contribution is 5.80. The summed E-state index contributed by atoms with van der Waals surface area (Å²) >= 11 is 0. The number of H-pyrrole nitrogens is 1. The van der Waals surface area contributed by atoms with Crippen LogP contribution in [0.3, 0.4) is 0 Å². The highest BCUT2D eigenvalue weighted by Crippen LogP contribution is 2.29. The Kier molecular flexibility index (Phi) is 7.64. The fourth-order valence-electron chi connectivity index (χ4n) is 4.15. The summed E-state index contributed by atoms with van der Waals surface area (Å²) in [5.41, 5.74) is 3.30. The number of halogens is 1. The zero-order valence-electron chi connectivity index (χ0n) is 20.0. The summed E-state index contributed by atoms with van der Waals surface area (Å²) in [6.45, 7) is 4.15. The maximum Gasteiger partial charge on any atom is 0.337 e. The van der Waals surface area contributed by atoms with E-state index in [1.165, 1.54) is 4.57 Å². The van der Waals surface area contributed by atoms with Gasteiger partial charge in [0.2, 0.25) is 11.9 Å². The molecule has 0 aliphatic heterocycles. The lowest BCUT2D eigenvalue weighted by atomic mass is 9.98. The molecule has 2 heterocycles. The standard InChI is InChI=1S/C26H29FN6O2/c1-3-5-11-22-24(27)33(23(34)12-6-4-2)26(35)32(22)17-18-13-15-19(16-14-18)20-9-7-8-10-21(20)25-28-30-31-29-25/h7-10,13-16H,3-6,11-12,17H2,1-2H3,(H,28,29,30,31). The quantitative estimate of drug-likeness (QED) is 0.353. The van der Waals surface area contributed by atoms with Gasteiger partial charge in [0.05, 0.1) is 12.2 Å². The van der Waals surface area contributed by atoms with Crippen LogP contribution in [0.4, 0.5) is 4.39 Å². The fourth-order valence-corrected chi connectivity index (χ4v) is 4.15. The van der Waals surface area contributed by atoms with Crippen molar-refractivity contribution < 1.29 is 9.18 Å². The molecule has 0 bridgehead atoms. The zero-order valence-corrected chi connectivity index (χ0v) is 20.0. The van der Waals surface area contributed by atoms with Crippen LogP contribution < -0.4 is 5.69 Å². The maximum absolute atomic E-state index is 15.2. The van der Waals surface area contributed by atoms with E-state index in [9.17, 15) is 9.59 Å². The van der Waals surface area contributed by atoms with Gasteiger partial charge in [-0.3, -0.25) is 9.36 Å². The van der Waals surface area contributed by atoms with Gasteiger partial charge in [-0.2, -0.15) is 4.39 Å². The predicted molar refractivity (Wildman–Crippen MR) is 132 cm³/mol. The number of hydrogen-bond donors (Lipinski definition) is 1. The molecule has 0 radical (unpaired) electrons. The lowest BCUT2D eigenvalue weighted by molar-refractivity contribution is 0.0880. The third-order valence-corrected chi connectivity index (χ3v) is 6.08. The van der Waals surface area contributed by atoms with Crippen molar-refractivity contribution in [3.63, 3.8) is 0 Å². The van der Waals surface area contributed by atoms with E-state index >= 15 is 4.39 Å². The average molecular weight is 477 g/mol. The van der Waals surface area contributed by atoms with Gasteiger partial charge in [0.25, 0.3) is 0 Å². The Balaban J connectivity index is 1.65. The van der Waals surface area contributed by atoms with Crippen molar-refractivity contribution in [1.82, 2.24) is 29.8 Å². The first-order chi connectivity index (χ1) is 17.0. The number of carbonyl (C=O) groups is 1. The molecule has 2 aromatic carbocycles. The van der Waals surface area contributed by atoms with Crippen molar-refractivity contribution in [3.8, 4) is 22.5 Å². The summed E-state index contributed by atoms with van der Waals surface area (Å²) in [7, 11) is 0. The number of hydrogen-bond acceptors (Lipinski definition) is 5. The lowest BCUT2D eigenvalue weighted by Gasteiger charge is -2.10. The van der Waals surface area contributed by atoms with Crippen molar-refractivity contribution in [3.05, 3.63) is 76.2 Å². The molecule has 2 aromatic heterocycles. The number of nitrogens with zero attached hydrogens (tertiary/aromatic N) is 5. The molecular weight excluding hydrogens is 447 g/mol. The highest BCUT2D eigenvalue weighted by Gasteiger charge is 2.23. The molecule has 0 spiro atoms. The van der Waals surface area contributed by atoms with Crippen LogP contribution in [-0.4, -0.2) is 35.7 Å². The van der Waals surface area contributed by atoms with Gasteiger partial charge in [0.15, 0.2) is 5.82 Å². The van der Waals surface area contributed by atoms with E-state index in [0.29, 0.717) is 18.7 Å². The van der Waals surface area contributed by atoms with Gasteiger partial charge in [-0.25, -0.2) is 14.5 Å². The molecule has 0 fully saturated rings. The molecule has 4 rings (SSSR count). The molecule has 0 atom stereocenters. The third kappa shape index (κ3) is 5.13. The second kappa shape index (κ2) is 11.0. The summed E-state index contributed by atoms with van der Waals surface area (Å²) < 4.78 is 17.3. The molecule has 0 amide bonds. The number of benzene rings is 2. The Bertz CT molecular complexity index is 1340. The topological polar surface area (TPSA) is 98.5 Å². The first kappa shape index (κ1) is 24.3. The second-order valence-electron chi connectivity index (χ2n) is 8.53. The van der Waals surface area contributed by atoms with Gasteiger partial charge in [-0.15, -0.1) is 5.10 Å². The zero-order chi connectivity index (χ0) is 24.8. The van der Waals surface area contributed by atoms with E-state index < -0.39 is 17.5 Å². The van der Waals surface area contributed by atoms with Gasteiger partial charge in [-0.05, 0) is 46.4 Å². The monoisotopic (exact) mass is 476 g/mol. The minimum atomic E-state index is -0.726. The van der Waals surface area contributed by atoms with Crippen molar-refractivity contribution in [2.45, 2.75) is 58.9 Å². The summed E-state index contributed by atoms with van der Waals surface area (Å²) in [6, 6.07) is 15.5. The van der Waals surface area contributed by atoms with Crippen LogP contribution in [0, 0.1) is 5.95 Å². The Morgan fingerprint density at radius 3 is 2.37 bits per heavy atom. The van der Waals surface area contributed by atoms with Crippen LogP contribution in [0.2, 0.25) is 0 Å². The van der Waals surface area contributed by atoms with Crippen molar-refractivity contribution >= 4 is 5.91 Å². The molecule has 0 unspecified atom stereocenters. The number of imidazole rings is 1. The van der Waals surface area contributed by atoms with E-state index in [0.717, 1.165) is 46.1 Å². The van der Waals surface area contributed by atoms with E-state index in [1.54, 1.807) is 0 Å². The first-order valence-corrected chi connectivity index (χ1v) is 12.0. The Hall–Kier alpha value is -3.88. The largest absolute Gasteiger partial charge is 0.337 e. The maximum atomic E-state index is 15.2. The van der Waals surface area contributed by atoms with Crippen LogP contribution in [0.25, 0.3) is 22.5 Å². The van der Waals surface area contributed by atoms with Gasteiger partial charge >= 0.3 is 5.69 Å². The summed E-state index contributed by atoms with van der Waals surface area (Å²) in [4.78, 5) is 25.7. The molecule has 1 N–H and O–H groups in total. The molecule has 8 nitrogen and oxygen atoms in total. The molecule has 0 saturated carbocycles. The van der Waals surface area contributed by atoms with Crippen LogP contribution in [0.5, 0.6) is 0 Å². The minimum absolute atomic E-state index is 0.152. The van der Waals surface area contributed by atoms with Crippen LogP contribution in [0.1, 0.15) is 62.0 Å². The normalized spacial score (nSPS) is 11.2. The number of unbranched alkanes of at least 4 members (excludes halogenated alkanes) is 2. The van der Waals surface area contributed by atoms with E-state index in [-0.39, 0.29) is 18.7 Å². The Labute approximate surface area is 202 Å². The summed E-state index contributed by atoms with van der Waals surface area (Å²) in [6.07, 6.45) is 3.57. The van der Waals surface area contributed by atoms with Gasteiger partial charge in [-0.1, -0.05) is 75.2 Å². The molecule has 0 aliphatic rings. The number of rotatable bonds is 10. The first-order valence-electron chi connectivity index (χ1n) is 12.0. The van der Waals surface area contributed by atoms with Gasteiger partial charge in [0.1, 0.15) is 0 Å². The third-order valence-electron chi connectivity index (χ3n) is 6.08. The van der Waals surface area contributed by atoms with E-state index in [2.05, 4.69) is 20.6 Å². The minimum Gasteiger partial charge on any atom is -0.288 e. The summed E-state index contributed by atoms with van der Waals surface area (Å²) in [5, 5.41) is 14.1. The average Bonchev–Trinajstić information content (AvgIpc) is 3.49. The van der Waals surface area contributed by atoms with Crippen molar-refractivity contribution in [2.75, 3.05) is 0 Å². The fraction of sp³-hybridized carbons (Fsp3) is 0.346. The number of aromatic nitrogens is 6. The molecular formula is C26H29FN6O2. The molecule has 9 heteroatoms. The summed E-state index contributed by atoms with van der Waals surface area (Å²) in [5.74, 6) is -0.642. The molecule has 0 saturated heterocycles. The molecule has 0 aliphatic carbocycles. The predicted octanol–water partition coefficient (Wildman–Crippen LogP) is 4.86. The van der Waals surface area contributed by atoms with Crippen LogP contribution in [-0.2, 0) is 13.0 Å². The van der Waals surface area contributed by atoms with E-state index in [1.807, 2.05) is 62.4 Å². The molecule has 182 valence electrons. The van der Waals surface area contributed by atoms with Crippen LogP contribution >= 0.6 is 0 Å². The highest BCUT2D eigenvalue weighted by atomic mass is 19.1. The van der Waals surface area contributed by atoms with Crippen LogP contribution in [0.15, 0.2) is 53.3 Å². The Morgan fingerprint density at radius 1 is 1.00 bits per heavy atom. The Morgan fingerprint density at radius 2 is 1.71 bits per heavy atom. The molecule has 4 aromatic rings. The van der Waals surface area contributed by atoms with Crippen molar-refractivity contribution in [2.24, 2.45) is 0 Å². The SMILES string of the molecule is CCCCC(=O)n1c(F)c(CCCC)n(Cc2ccc(-c3ccccc3-c3nnn[nH]3)cc2)c1=O. The number of aromatic amines is 1. The lowest BCUT2D eigenvalue weighted by Crippen LogP contribution is -2.30. The number of tetrazole rings is 1. The van der Waals surface area contributed by atoms with Gasteiger partial charge < -0.3 is 0 Å². The number of carbonyl (C=O) groups excluding carboxylic acids is 1. The van der Waals surface area contributed by atoms with Gasteiger partial charge in [0, 0.05) is 12.0 Å².